The molecule has 2 aromatic rings. The van der Waals surface area contributed by atoms with Gasteiger partial charge in [-0.15, -0.1) is 0 Å². The third-order valence-corrected chi connectivity index (χ3v) is 11.7. The van der Waals surface area contributed by atoms with Crippen molar-refractivity contribution in [3.8, 4) is 0 Å². The quantitative estimate of drug-likeness (QED) is 0.453. The van der Waals surface area contributed by atoms with Crippen molar-refractivity contribution in [3.05, 3.63) is 71.8 Å². The van der Waals surface area contributed by atoms with Crippen molar-refractivity contribution in [2.45, 2.75) is 93.0 Å². The van der Waals surface area contributed by atoms with Gasteiger partial charge in [-0.2, -0.15) is 0 Å². The van der Waals surface area contributed by atoms with Gasteiger partial charge >= 0.3 is 0 Å². The lowest BCUT2D eigenvalue weighted by Gasteiger charge is -2.39. The summed E-state index contributed by atoms with van der Waals surface area (Å²) in [6.07, 6.45) is 15.1. The molecule has 0 aliphatic heterocycles. The lowest BCUT2D eigenvalue weighted by Crippen LogP contribution is -2.23. The Labute approximate surface area is 172 Å². The molecular formula is C27H35P. The smallest absolute Gasteiger partial charge is 0.00128 e. The van der Waals surface area contributed by atoms with Crippen LogP contribution in [-0.4, -0.2) is 17.0 Å². The molecule has 0 saturated heterocycles. The number of rotatable bonds is 5. The molecule has 148 valence electrons. The molecule has 0 bridgehead atoms. The highest BCUT2D eigenvalue weighted by molar-refractivity contribution is 7.60. The van der Waals surface area contributed by atoms with Crippen LogP contribution < -0.4 is 0 Å². The van der Waals surface area contributed by atoms with Crippen molar-refractivity contribution < 1.29 is 0 Å². The summed E-state index contributed by atoms with van der Waals surface area (Å²) in [5.41, 5.74) is 6.26. The predicted molar refractivity (Wildman–Crippen MR) is 123 cm³/mol. The van der Waals surface area contributed by atoms with Crippen LogP contribution in [0.3, 0.4) is 0 Å². The molecule has 28 heavy (non-hydrogen) atoms. The van der Waals surface area contributed by atoms with Crippen LogP contribution in [0.1, 0.15) is 87.2 Å². The summed E-state index contributed by atoms with van der Waals surface area (Å²) in [5.74, 6) is 1.55. The zero-order valence-corrected chi connectivity index (χ0v) is 18.1. The van der Waals surface area contributed by atoms with E-state index >= 15 is 0 Å². The molecule has 3 fully saturated rings. The zero-order chi connectivity index (χ0) is 18.8. The normalized spacial score (nSPS) is 29.1. The standard InChI is InChI=1S/C27H35P/c1-5-13-21(14-6-1)25-26(22-15-7-2-8-16-22)27(25)28(23-17-9-3-10-18-23)24-19-11-4-12-20-24/h1-2,5-8,13-16,23-27H,3-4,9-12,17-20H2. The third kappa shape index (κ3) is 3.82. The Bertz CT molecular complexity index is 664. The summed E-state index contributed by atoms with van der Waals surface area (Å²) in [7, 11) is 0.129. The van der Waals surface area contributed by atoms with Crippen LogP contribution in [0.15, 0.2) is 60.7 Å². The highest BCUT2D eigenvalue weighted by Crippen LogP contribution is 2.75. The van der Waals surface area contributed by atoms with Gasteiger partial charge in [-0.1, -0.05) is 107 Å². The highest BCUT2D eigenvalue weighted by atomic mass is 31.1. The molecule has 0 spiro atoms. The van der Waals surface area contributed by atoms with Gasteiger partial charge in [-0.05, 0) is 65.6 Å². The number of hydrogen-bond donors (Lipinski definition) is 0. The van der Waals surface area contributed by atoms with E-state index in [-0.39, 0.29) is 7.92 Å². The minimum absolute atomic E-state index is 0.129. The summed E-state index contributed by atoms with van der Waals surface area (Å²) >= 11 is 0. The van der Waals surface area contributed by atoms with Crippen molar-refractivity contribution in [1.29, 1.82) is 0 Å². The molecule has 0 amide bonds. The fourth-order valence-electron chi connectivity index (χ4n) is 6.37. The second-order valence-corrected chi connectivity index (χ2v) is 12.3. The lowest BCUT2D eigenvalue weighted by atomic mass is 9.99. The lowest BCUT2D eigenvalue weighted by molar-refractivity contribution is 0.483. The van der Waals surface area contributed by atoms with Crippen molar-refractivity contribution in [2.75, 3.05) is 0 Å². The largest absolute Gasteiger partial charge is 0.0959 e. The van der Waals surface area contributed by atoms with E-state index < -0.39 is 0 Å². The van der Waals surface area contributed by atoms with E-state index in [1.807, 2.05) is 0 Å². The predicted octanol–water partition coefficient (Wildman–Crippen LogP) is 8.08. The molecule has 1 heteroatoms. The second kappa shape index (κ2) is 8.71. The molecule has 3 saturated carbocycles. The van der Waals surface area contributed by atoms with Gasteiger partial charge in [0, 0.05) is 0 Å². The van der Waals surface area contributed by atoms with Gasteiger partial charge in [0.05, 0.1) is 0 Å². The van der Waals surface area contributed by atoms with Gasteiger partial charge in [-0.3, -0.25) is 0 Å². The van der Waals surface area contributed by atoms with Crippen LogP contribution in [0, 0.1) is 0 Å². The zero-order valence-electron chi connectivity index (χ0n) is 17.2. The van der Waals surface area contributed by atoms with Crippen molar-refractivity contribution in [2.24, 2.45) is 0 Å². The summed E-state index contributed by atoms with van der Waals surface area (Å²) in [6.45, 7) is 0. The van der Waals surface area contributed by atoms with Crippen molar-refractivity contribution >= 4 is 7.92 Å². The Morgan fingerprint density at radius 3 is 1.29 bits per heavy atom. The van der Waals surface area contributed by atoms with Gasteiger partial charge in [0.25, 0.3) is 0 Å². The minimum atomic E-state index is 0.129. The first-order chi connectivity index (χ1) is 13.9. The van der Waals surface area contributed by atoms with Crippen LogP contribution >= 0.6 is 7.92 Å². The highest BCUT2D eigenvalue weighted by Gasteiger charge is 2.57. The summed E-state index contributed by atoms with van der Waals surface area (Å²) in [4.78, 5) is 0. The number of benzene rings is 2. The Morgan fingerprint density at radius 2 is 0.893 bits per heavy atom. The average molecular weight is 391 g/mol. The summed E-state index contributed by atoms with van der Waals surface area (Å²) < 4.78 is 0. The van der Waals surface area contributed by atoms with Gasteiger partial charge in [0.2, 0.25) is 0 Å². The summed E-state index contributed by atoms with van der Waals surface area (Å²) in [5, 5.41) is 0. The van der Waals surface area contributed by atoms with Gasteiger partial charge in [0.15, 0.2) is 0 Å². The Balaban J connectivity index is 1.49. The molecule has 0 heterocycles. The Morgan fingerprint density at radius 1 is 0.500 bits per heavy atom. The van der Waals surface area contributed by atoms with Gasteiger partial charge in [0.1, 0.15) is 0 Å². The van der Waals surface area contributed by atoms with Gasteiger partial charge < -0.3 is 0 Å². The minimum Gasteiger partial charge on any atom is -0.0959 e. The van der Waals surface area contributed by atoms with Gasteiger partial charge in [-0.25, -0.2) is 0 Å². The fraction of sp³-hybridized carbons (Fsp3) is 0.556. The van der Waals surface area contributed by atoms with E-state index in [9.17, 15) is 0 Å². The van der Waals surface area contributed by atoms with E-state index in [0.717, 1.165) is 28.8 Å². The molecular weight excluding hydrogens is 355 g/mol. The van der Waals surface area contributed by atoms with E-state index in [1.54, 1.807) is 11.1 Å². The van der Waals surface area contributed by atoms with Crippen LogP contribution in [0.2, 0.25) is 0 Å². The van der Waals surface area contributed by atoms with E-state index in [1.165, 1.54) is 64.2 Å². The Hall–Kier alpha value is -1.13. The maximum Gasteiger partial charge on any atom is -0.00128 e. The fourth-order valence-corrected chi connectivity index (χ4v) is 11.2. The van der Waals surface area contributed by atoms with Crippen molar-refractivity contribution in [3.63, 3.8) is 0 Å². The summed E-state index contributed by atoms with van der Waals surface area (Å²) in [6, 6.07) is 23.1. The topological polar surface area (TPSA) is 0 Å². The van der Waals surface area contributed by atoms with Crippen LogP contribution in [0.4, 0.5) is 0 Å². The molecule has 0 N–H and O–H groups in total. The SMILES string of the molecule is c1ccc(C2C(c3ccccc3)C2P(C2CCCCC2)C2CCCCC2)cc1. The molecule has 5 rings (SSSR count). The molecule has 0 nitrogen and oxygen atoms in total. The molecule has 3 aliphatic rings. The first-order valence-corrected chi connectivity index (χ1v) is 13.4. The van der Waals surface area contributed by atoms with E-state index in [4.69, 9.17) is 0 Å². The third-order valence-electron chi connectivity index (χ3n) is 7.69. The second-order valence-electron chi connectivity index (χ2n) is 9.39. The van der Waals surface area contributed by atoms with E-state index in [0.29, 0.717) is 0 Å². The monoisotopic (exact) mass is 390 g/mol. The maximum atomic E-state index is 2.41. The molecule has 2 aromatic carbocycles. The molecule has 2 unspecified atom stereocenters. The number of hydrogen-bond acceptors (Lipinski definition) is 0. The first kappa shape index (κ1) is 18.9. The van der Waals surface area contributed by atoms with Crippen LogP contribution in [0.5, 0.6) is 0 Å². The average Bonchev–Trinajstić information content (AvgIpc) is 3.52. The Kier molecular flexibility index (Phi) is 5.87. The molecule has 2 atom stereocenters. The first-order valence-electron chi connectivity index (χ1n) is 11.8. The van der Waals surface area contributed by atoms with Crippen molar-refractivity contribution in [1.82, 2.24) is 0 Å². The molecule has 0 radical (unpaired) electrons. The van der Waals surface area contributed by atoms with Crippen LogP contribution in [0.25, 0.3) is 0 Å². The van der Waals surface area contributed by atoms with Crippen LogP contribution in [-0.2, 0) is 0 Å². The maximum absolute atomic E-state index is 2.41. The molecule has 0 aromatic heterocycles. The molecule has 3 aliphatic carbocycles. The van der Waals surface area contributed by atoms with E-state index in [2.05, 4.69) is 60.7 Å².